The van der Waals surface area contributed by atoms with E-state index >= 15 is 0 Å². The number of nitrogens with zero attached hydrogens (tertiary/aromatic N) is 2. The first-order valence-corrected chi connectivity index (χ1v) is 4.40. The molecule has 4 nitrogen and oxygen atoms in total. The average Bonchev–Trinajstić information content (AvgIpc) is 2.52. The fourth-order valence-corrected chi connectivity index (χ4v) is 2.07. The second kappa shape index (κ2) is 2.38. The summed E-state index contributed by atoms with van der Waals surface area (Å²) in [6.07, 6.45) is 0. The van der Waals surface area contributed by atoms with Gasteiger partial charge in [-0.3, -0.25) is 0 Å². The molecule has 0 aliphatic rings. The van der Waals surface area contributed by atoms with Crippen LogP contribution in [0.4, 0.5) is 5.82 Å². The van der Waals surface area contributed by atoms with Crippen LogP contribution in [-0.4, -0.2) is 22.2 Å². The molecule has 0 spiro atoms. The zero-order chi connectivity index (χ0) is 8.72. The van der Waals surface area contributed by atoms with Crippen molar-refractivity contribution < 1.29 is 5.21 Å². The highest BCUT2D eigenvalue weighted by Gasteiger charge is 2.10. The highest BCUT2D eigenvalue weighted by molar-refractivity contribution is 7.18. The molecule has 2 N–H and O–H groups in total. The quantitative estimate of drug-likeness (QED) is 0.661. The molecule has 2 heterocycles. The molecule has 0 aromatic carbocycles. The summed E-state index contributed by atoms with van der Waals surface area (Å²) in [6, 6.07) is 2.01. The number of nitrogens with one attached hydrogen (secondary N) is 1. The van der Waals surface area contributed by atoms with Gasteiger partial charge >= 0.3 is 0 Å². The first-order chi connectivity index (χ1) is 5.72. The third kappa shape index (κ3) is 0.863. The lowest BCUT2D eigenvalue weighted by Gasteiger charge is -1.89. The van der Waals surface area contributed by atoms with Crippen LogP contribution in [0.1, 0.15) is 4.88 Å². The van der Waals surface area contributed by atoms with Crippen molar-refractivity contribution in [2.45, 2.75) is 6.92 Å². The van der Waals surface area contributed by atoms with Gasteiger partial charge in [-0.1, -0.05) is 4.85 Å². The monoisotopic (exact) mass is 183 g/mol. The standard InChI is InChI=1S/C7H9N3OS/c1-4-3-5-6(8-2)9-10(11)7(5)12-4/h3,11H,1-2H3,(H,8,9). The summed E-state index contributed by atoms with van der Waals surface area (Å²) < 4.78 is 0. The zero-order valence-electron chi connectivity index (χ0n) is 6.83. The van der Waals surface area contributed by atoms with Crippen molar-refractivity contribution in [1.29, 1.82) is 0 Å². The average molecular weight is 183 g/mol. The van der Waals surface area contributed by atoms with Gasteiger partial charge in [-0.25, -0.2) is 0 Å². The smallest absolute Gasteiger partial charge is 0.165 e. The van der Waals surface area contributed by atoms with Crippen LogP contribution in [0.5, 0.6) is 0 Å². The second-order valence-corrected chi connectivity index (χ2v) is 3.80. The lowest BCUT2D eigenvalue weighted by molar-refractivity contribution is 0.163. The van der Waals surface area contributed by atoms with Crippen LogP contribution in [0.3, 0.4) is 0 Å². The molecule has 2 rings (SSSR count). The molecule has 0 saturated carbocycles. The Morgan fingerprint density at radius 3 is 3.08 bits per heavy atom. The van der Waals surface area contributed by atoms with Crippen molar-refractivity contribution in [3.8, 4) is 0 Å². The molecule has 0 radical (unpaired) electrons. The van der Waals surface area contributed by atoms with Crippen LogP contribution in [-0.2, 0) is 0 Å². The van der Waals surface area contributed by atoms with Gasteiger partial charge < -0.3 is 10.5 Å². The van der Waals surface area contributed by atoms with E-state index < -0.39 is 0 Å². The summed E-state index contributed by atoms with van der Waals surface area (Å²) in [5.74, 6) is 0.719. The van der Waals surface area contributed by atoms with Crippen LogP contribution in [0.2, 0.25) is 0 Å². The van der Waals surface area contributed by atoms with Crippen molar-refractivity contribution >= 4 is 27.4 Å². The summed E-state index contributed by atoms with van der Waals surface area (Å²) in [4.78, 5) is 2.87. The summed E-state index contributed by atoms with van der Waals surface area (Å²) in [5, 5.41) is 17.1. The molecule has 0 amide bonds. The van der Waals surface area contributed by atoms with Gasteiger partial charge in [0.15, 0.2) is 10.6 Å². The molecule has 0 saturated heterocycles. The zero-order valence-corrected chi connectivity index (χ0v) is 7.64. The molecular weight excluding hydrogens is 174 g/mol. The Kier molecular flexibility index (Phi) is 1.47. The summed E-state index contributed by atoms with van der Waals surface area (Å²) in [5.41, 5.74) is 0. The van der Waals surface area contributed by atoms with E-state index in [1.54, 1.807) is 7.05 Å². The number of hydrogen-bond donors (Lipinski definition) is 2. The van der Waals surface area contributed by atoms with E-state index in [9.17, 15) is 5.21 Å². The molecule has 12 heavy (non-hydrogen) atoms. The molecule has 2 aromatic heterocycles. The molecule has 0 bridgehead atoms. The lowest BCUT2D eigenvalue weighted by atomic mass is 10.4. The van der Waals surface area contributed by atoms with Crippen LogP contribution in [0, 0.1) is 6.92 Å². The minimum absolute atomic E-state index is 0.719. The summed E-state index contributed by atoms with van der Waals surface area (Å²) >= 11 is 1.53. The van der Waals surface area contributed by atoms with Crippen molar-refractivity contribution in [1.82, 2.24) is 9.94 Å². The van der Waals surface area contributed by atoms with Gasteiger partial charge in [-0.15, -0.1) is 16.4 Å². The van der Waals surface area contributed by atoms with Gasteiger partial charge in [0.05, 0.1) is 5.39 Å². The predicted molar refractivity (Wildman–Crippen MR) is 49.1 cm³/mol. The highest BCUT2D eigenvalue weighted by Crippen LogP contribution is 2.29. The minimum atomic E-state index is 0.719. The molecule has 2 aromatic rings. The van der Waals surface area contributed by atoms with E-state index in [1.165, 1.54) is 16.2 Å². The van der Waals surface area contributed by atoms with E-state index in [-0.39, 0.29) is 0 Å². The number of hydrogen-bond acceptors (Lipinski definition) is 4. The summed E-state index contributed by atoms with van der Waals surface area (Å²) in [7, 11) is 1.79. The Hall–Kier alpha value is -1.23. The van der Waals surface area contributed by atoms with Crippen molar-refractivity contribution in [2.24, 2.45) is 0 Å². The van der Waals surface area contributed by atoms with Gasteiger partial charge in [0, 0.05) is 11.9 Å². The number of aromatic nitrogens is 2. The second-order valence-electron chi connectivity index (χ2n) is 2.56. The minimum Gasteiger partial charge on any atom is -0.411 e. The number of aryl methyl sites for hydroxylation is 1. The molecule has 0 unspecified atom stereocenters. The Bertz CT molecular complexity index is 417. The lowest BCUT2D eigenvalue weighted by Crippen LogP contribution is -1.93. The highest BCUT2D eigenvalue weighted by atomic mass is 32.1. The molecular formula is C7H9N3OS. The van der Waals surface area contributed by atoms with Gasteiger partial charge in [-0.2, -0.15) is 0 Å². The van der Waals surface area contributed by atoms with E-state index in [0.717, 1.165) is 20.9 Å². The van der Waals surface area contributed by atoms with E-state index in [0.29, 0.717) is 0 Å². The third-order valence-electron chi connectivity index (χ3n) is 1.70. The molecule has 0 aliphatic heterocycles. The van der Waals surface area contributed by atoms with Gasteiger partial charge in [0.1, 0.15) is 0 Å². The van der Waals surface area contributed by atoms with Crippen LogP contribution >= 0.6 is 11.3 Å². The Balaban J connectivity index is 2.79. The maximum Gasteiger partial charge on any atom is 0.165 e. The van der Waals surface area contributed by atoms with Crippen LogP contribution < -0.4 is 5.32 Å². The van der Waals surface area contributed by atoms with Crippen LogP contribution in [0.25, 0.3) is 10.2 Å². The van der Waals surface area contributed by atoms with Crippen molar-refractivity contribution in [3.05, 3.63) is 10.9 Å². The number of thiophene rings is 1. The molecule has 0 fully saturated rings. The normalized spacial score (nSPS) is 10.8. The number of fused-ring (bicyclic) bond motifs is 1. The SMILES string of the molecule is CNc1nn(O)c2sc(C)cc12. The first kappa shape index (κ1) is 7.42. The predicted octanol–water partition coefficient (Wildman–Crippen LogP) is 1.69. The Labute approximate surface area is 73.4 Å². The molecule has 0 atom stereocenters. The third-order valence-corrected chi connectivity index (χ3v) is 2.72. The van der Waals surface area contributed by atoms with Crippen LogP contribution in [0.15, 0.2) is 6.07 Å². The maximum absolute atomic E-state index is 9.31. The summed E-state index contributed by atoms with van der Waals surface area (Å²) in [6.45, 7) is 2.00. The van der Waals surface area contributed by atoms with E-state index in [4.69, 9.17) is 0 Å². The van der Waals surface area contributed by atoms with Gasteiger partial charge in [-0.05, 0) is 13.0 Å². The maximum atomic E-state index is 9.31. The largest absolute Gasteiger partial charge is 0.411 e. The Morgan fingerprint density at radius 1 is 1.67 bits per heavy atom. The fraction of sp³-hybridized carbons (Fsp3) is 0.286. The molecule has 64 valence electrons. The Morgan fingerprint density at radius 2 is 2.42 bits per heavy atom. The number of rotatable bonds is 1. The van der Waals surface area contributed by atoms with Gasteiger partial charge in [0.25, 0.3) is 0 Å². The first-order valence-electron chi connectivity index (χ1n) is 3.58. The van der Waals surface area contributed by atoms with E-state index in [1.807, 2.05) is 13.0 Å². The topological polar surface area (TPSA) is 50.1 Å². The van der Waals surface area contributed by atoms with Gasteiger partial charge in [0.2, 0.25) is 0 Å². The fourth-order valence-electron chi connectivity index (χ4n) is 1.20. The van der Waals surface area contributed by atoms with E-state index in [2.05, 4.69) is 10.4 Å². The number of anilines is 1. The molecule has 0 aliphatic carbocycles. The molecule has 5 heteroatoms. The van der Waals surface area contributed by atoms with Crippen molar-refractivity contribution in [3.63, 3.8) is 0 Å². The van der Waals surface area contributed by atoms with Crippen molar-refractivity contribution in [2.75, 3.05) is 12.4 Å².